The number of carbonyl (C=O) groups excluding carboxylic acids is 4. The van der Waals surface area contributed by atoms with Gasteiger partial charge in [0.15, 0.2) is 0 Å². The highest BCUT2D eigenvalue weighted by molar-refractivity contribution is 6.02. The van der Waals surface area contributed by atoms with E-state index in [1.54, 1.807) is 0 Å². The molecule has 2 saturated heterocycles. The highest BCUT2D eigenvalue weighted by atomic mass is 16.6. The second-order valence-corrected chi connectivity index (χ2v) is 5.39. The van der Waals surface area contributed by atoms with Gasteiger partial charge in [0.25, 0.3) is 5.91 Å². The van der Waals surface area contributed by atoms with E-state index in [0.29, 0.717) is 0 Å². The molecule has 1 aromatic carbocycles. The lowest BCUT2D eigenvalue weighted by Crippen LogP contribution is -2.58. The van der Waals surface area contributed by atoms with Gasteiger partial charge in [-0.1, -0.05) is 30.3 Å². The standard InChI is InChI=1S/C15H16N4O5/c20-12-8-19(14(22)16-12)18-7-6-17(9-13(18)21)15(23)24-10-11-4-2-1-3-5-11/h1-5H,6-10H2,(H,16,20,22). The first-order valence-corrected chi connectivity index (χ1v) is 7.42. The van der Waals surface area contributed by atoms with Crippen molar-refractivity contribution in [3.63, 3.8) is 0 Å². The predicted octanol–water partition coefficient (Wildman–Crippen LogP) is -0.0658. The van der Waals surface area contributed by atoms with Gasteiger partial charge in [-0.3, -0.25) is 19.8 Å². The minimum Gasteiger partial charge on any atom is -0.445 e. The van der Waals surface area contributed by atoms with E-state index in [4.69, 9.17) is 4.74 Å². The van der Waals surface area contributed by atoms with Gasteiger partial charge in [-0.05, 0) is 5.56 Å². The average Bonchev–Trinajstić information content (AvgIpc) is 2.91. The minimum absolute atomic E-state index is 0.122. The quantitative estimate of drug-likeness (QED) is 0.782. The van der Waals surface area contributed by atoms with E-state index in [0.717, 1.165) is 10.6 Å². The van der Waals surface area contributed by atoms with Crippen LogP contribution < -0.4 is 5.32 Å². The second kappa shape index (κ2) is 6.57. The minimum atomic E-state index is -0.631. The predicted molar refractivity (Wildman–Crippen MR) is 80.2 cm³/mol. The summed E-state index contributed by atoms with van der Waals surface area (Å²) < 4.78 is 5.18. The molecule has 0 atom stereocenters. The SMILES string of the molecule is O=C1CN(N2CCN(C(=O)OCc3ccccc3)CC2=O)C(=O)N1. The third-order valence-corrected chi connectivity index (χ3v) is 3.72. The molecular formula is C15H16N4O5. The van der Waals surface area contributed by atoms with Crippen LogP contribution in [0.2, 0.25) is 0 Å². The van der Waals surface area contributed by atoms with Crippen LogP contribution in [0, 0.1) is 0 Å². The van der Waals surface area contributed by atoms with Crippen LogP contribution in [0.15, 0.2) is 30.3 Å². The largest absolute Gasteiger partial charge is 0.445 e. The third kappa shape index (κ3) is 3.29. The molecule has 2 aliphatic rings. The van der Waals surface area contributed by atoms with Crippen molar-refractivity contribution in [3.8, 4) is 0 Å². The summed E-state index contributed by atoms with van der Waals surface area (Å²) in [5.74, 6) is -0.903. The summed E-state index contributed by atoms with van der Waals surface area (Å²) >= 11 is 0. The lowest BCUT2D eigenvalue weighted by Gasteiger charge is -2.37. The van der Waals surface area contributed by atoms with Crippen LogP contribution in [0.25, 0.3) is 0 Å². The van der Waals surface area contributed by atoms with Crippen LogP contribution in [0.5, 0.6) is 0 Å². The van der Waals surface area contributed by atoms with Crippen LogP contribution in [-0.4, -0.2) is 65.0 Å². The van der Waals surface area contributed by atoms with Gasteiger partial charge < -0.3 is 4.74 Å². The van der Waals surface area contributed by atoms with E-state index in [2.05, 4.69) is 5.32 Å². The van der Waals surface area contributed by atoms with Gasteiger partial charge >= 0.3 is 12.1 Å². The molecule has 0 unspecified atom stereocenters. The van der Waals surface area contributed by atoms with Gasteiger partial charge in [0.05, 0.1) is 6.54 Å². The molecular weight excluding hydrogens is 316 g/mol. The number of rotatable bonds is 3. The summed E-state index contributed by atoms with van der Waals surface area (Å²) in [4.78, 5) is 48.3. The fourth-order valence-corrected chi connectivity index (χ4v) is 2.51. The molecule has 0 aromatic heterocycles. The molecule has 0 bridgehead atoms. The Labute approximate surface area is 137 Å². The molecule has 0 aliphatic carbocycles. The van der Waals surface area contributed by atoms with Crippen molar-refractivity contribution in [3.05, 3.63) is 35.9 Å². The molecule has 1 aromatic rings. The number of hydrazine groups is 1. The average molecular weight is 332 g/mol. The number of nitrogens with zero attached hydrogens (tertiary/aromatic N) is 3. The van der Waals surface area contributed by atoms with E-state index < -0.39 is 23.9 Å². The van der Waals surface area contributed by atoms with Crippen molar-refractivity contribution in [2.75, 3.05) is 26.2 Å². The molecule has 1 N–H and O–H groups in total. The van der Waals surface area contributed by atoms with Crippen molar-refractivity contribution >= 4 is 23.9 Å². The Kier molecular flexibility index (Phi) is 4.32. The number of hydrogen-bond acceptors (Lipinski definition) is 5. The molecule has 2 heterocycles. The van der Waals surface area contributed by atoms with Crippen molar-refractivity contribution in [2.24, 2.45) is 0 Å². The van der Waals surface area contributed by atoms with E-state index in [1.807, 2.05) is 30.3 Å². The van der Waals surface area contributed by atoms with Crippen molar-refractivity contribution in [1.82, 2.24) is 20.2 Å². The van der Waals surface area contributed by atoms with Crippen LogP contribution in [0.3, 0.4) is 0 Å². The number of carbonyl (C=O) groups is 4. The zero-order valence-corrected chi connectivity index (χ0v) is 12.8. The van der Waals surface area contributed by atoms with Gasteiger partial charge in [0.1, 0.15) is 19.7 Å². The van der Waals surface area contributed by atoms with Crippen LogP contribution in [0.1, 0.15) is 5.56 Å². The van der Waals surface area contributed by atoms with Gasteiger partial charge in [-0.2, -0.15) is 0 Å². The van der Waals surface area contributed by atoms with Crippen LogP contribution >= 0.6 is 0 Å². The topological polar surface area (TPSA) is 99.3 Å². The van der Waals surface area contributed by atoms with Crippen LogP contribution in [0.4, 0.5) is 9.59 Å². The Morgan fingerprint density at radius 1 is 1.04 bits per heavy atom. The zero-order valence-electron chi connectivity index (χ0n) is 12.8. The number of nitrogens with one attached hydrogen (secondary N) is 1. The molecule has 24 heavy (non-hydrogen) atoms. The highest BCUT2D eigenvalue weighted by Gasteiger charge is 2.38. The first-order chi connectivity index (χ1) is 11.5. The molecule has 9 nitrogen and oxygen atoms in total. The summed E-state index contributed by atoms with van der Waals surface area (Å²) in [6.07, 6.45) is -0.589. The smallest absolute Gasteiger partial charge is 0.410 e. The van der Waals surface area contributed by atoms with Crippen molar-refractivity contribution < 1.29 is 23.9 Å². The van der Waals surface area contributed by atoms with E-state index in [-0.39, 0.29) is 32.8 Å². The van der Waals surface area contributed by atoms with Gasteiger partial charge in [-0.15, -0.1) is 0 Å². The maximum atomic E-state index is 12.2. The number of ether oxygens (including phenoxy) is 1. The first kappa shape index (κ1) is 15.8. The summed E-state index contributed by atoms with van der Waals surface area (Å²) in [6.45, 7) is 0.0725. The maximum absolute atomic E-state index is 12.2. The lowest BCUT2D eigenvalue weighted by atomic mass is 10.2. The Bertz CT molecular complexity index is 678. The molecule has 9 heteroatoms. The Morgan fingerprint density at radius 2 is 1.79 bits per heavy atom. The molecule has 0 saturated carbocycles. The molecule has 126 valence electrons. The zero-order chi connectivity index (χ0) is 17.1. The lowest BCUT2D eigenvalue weighted by molar-refractivity contribution is -0.149. The van der Waals surface area contributed by atoms with Crippen LogP contribution in [-0.2, 0) is 20.9 Å². The fraction of sp³-hybridized carbons (Fsp3) is 0.333. The molecule has 0 spiro atoms. The fourth-order valence-electron chi connectivity index (χ4n) is 2.51. The molecule has 2 aliphatic heterocycles. The number of piperazine rings is 1. The van der Waals surface area contributed by atoms with Crippen molar-refractivity contribution in [2.45, 2.75) is 6.61 Å². The molecule has 0 radical (unpaired) electrons. The van der Waals surface area contributed by atoms with Crippen molar-refractivity contribution in [1.29, 1.82) is 0 Å². The second-order valence-electron chi connectivity index (χ2n) is 5.39. The molecule has 3 rings (SSSR count). The Morgan fingerprint density at radius 3 is 2.42 bits per heavy atom. The van der Waals surface area contributed by atoms with Gasteiger partial charge in [0.2, 0.25) is 5.91 Å². The number of benzene rings is 1. The number of hydrogen-bond donors (Lipinski definition) is 1. The monoisotopic (exact) mass is 332 g/mol. The van der Waals surface area contributed by atoms with Gasteiger partial charge in [-0.25, -0.2) is 19.6 Å². The Hall–Kier alpha value is -3.10. The Balaban J connectivity index is 1.53. The summed E-state index contributed by atoms with van der Waals surface area (Å²) in [5.41, 5.74) is 0.850. The molecule has 2 fully saturated rings. The summed E-state index contributed by atoms with van der Waals surface area (Å²) in [6, 6.07) is 8.58. The number of imide groups is 1. The van der Waals surface area contributed by atoms with E-state index in [9.17, 15) is 19.2 Å². The van der Waals surface area contributed by atoms with E-state index in [1.165, 1.54) is 9.91 Å². The summed E-state index contributed by atoms with van der Waals surface area (Å²) in [7, 11) is 0. The first-order valence-electron chi connectivity index (χ1n) is 7.42. The summed E-state index contributed by atoms with van der Waals surface area (Å²) in [5, 5.41) is 4.34. The van der Waals surface area contributed by atoms with E-state index >= 15 is 0 Å². The maximum Gasteiger partial charge on any atom is 0.410 e. The normalized spacial score (nSPS) is 18.0. The highest BCUT2D eigenvalue weighted by Crippen LogP contribution is 2.12. The number of amides is 5. The molecule has 5 amide bonds. The number of urea groups is 1. The third-order valence-electron chi connectivity index (χ3n) is 3.72. The van der Waals surface area contributed by atoms with Gasteiger partial charge in [0, 0.05) is 6.54 Å².